The molecule has 9 heteroatoms. The minimum atomic E-state index is -0.828. The zero-order chi connectivity index (χ0) is 23.5. The molecule has 0 bridgehead atoms. The van der Waals surface area contributed by atoms with Gasteiger partial charge in [0.1, 0.15) is 5.82 Å². The van der Waals surface area contributed by atoms with E-state index in [1.54, 1.807) is 12.5 Å². The number of nitrogens with zero attached hydrogens (tertiary/aromatic N) is 4. The number of nitrogens with one attached hydrogen (secondary N) is 2. The predicted molar refractivity (Wildman–Crippen MR) is 134 cm³/mol. The molecule has 2 aromatic carbocycles. The van der Waals surface area contributed by atoms with Crippen molar-refractivity contribution in [3.05, 3.63) is 71.8 Å². The van der Waals surface area contributed by atoms with Gasteiger partial charge in [-0.2, -0.15) is 0 Å². The first-order valence-corrected chi connectivity index (χ1v) is 11.7. The van der Waals surface area contributed by atoms with E-state index in [-0.39, 0.29) is 5.82 Å². The lowest BCUT2D eigenvalue weighted by Crippen LogP contribution is -2.49. The molecule has 1 saturated heterocycles. The van der Waals surface area contributed by atoms with Crippen LogP contribution in [0, 0.1) is 5.82 Å². The molecule has 3 heterocycles. The zero-order valence-electron chi connectivity index (χ0n) is 19.1. The Labute approximate surface area is 198 Å². The van der Waals surface area contributed by atoms with Crippen LogP contribution in [0.5, 0.6) is 0 Å². The highest BCUT2D eigenvalue weighted by Crippen LogP contribution is 2.25. The maximum absolute atomic E-state index is 13.4. The van der Waals surface area contributed by atoms with Crippen molar-refractivity contribution in [2.24, 2.45) is 16.5 Å². The van der Waals surface area contributed by atoms with Crippen molar-refractivity contribution in [1.29, 1.82) is 0 Å². The van der Waals surface area contributed by atoms with E-state index in [0.717, 1.165) is 55.0 Å². The lowest BCUT2D eigenvalue weighted by molar-refractivity contribution is 0.203. The summed E-state index contributed by atoms with van der Waals surface area (Å²) in [6.45, 7) is 3.41. The van der Waals surface area contributed by atoms with E-state index in [2.05, 4.69) is 31.2 Å². The van der Waals surface area contributed by atoms with Gasteiger partial charge in [0.2, 0.25) is 5.95 Å². The molecule has 0 aliphatic carbocycles. The van der Waals surface area contributed by atoms with E-state index in [1.807, 2.05) is 30.3 Å². The normalized spacial score (nSPS) is 21.4. The summed E-state index contributed by atoms with van der Waals surface area (Å²) in [6.07, 6.45) is 6.01. The molecular weight excluding hydrogens is 431 g/mol. The number of fused-ring (bicyclic) bond motifs is 1. The lowest BCUT2D eigenvalue weighted by atomic mass is 10.0. The highest BCUT2D eigenvalue weighted by atomic mass is 19.1. The van der Waals surface area contributed by atoms with E-state index in [9.17, 15) is 4.39 Å². The molecule has 0 saturated carbocycles. The van der Waals surface area contributed by atoms with Crippen LogP contribution < -0.4 is 22.1 Å². The fourth-order valence-electron chi connectivity index (χ4n) is 4.62. The molecule has 6 N–H and O–H groups in total. The SMILES string of the molecule is NC1=CNC=NC1(N)CCN1CCC(Nc2nc3ccccc3n2Cc2ccc(F)cc2)CC1. The van der Waals surface area contributed by atoms with Gasteiger partial charge in [0, 0.05) is 38.3 Å². The Balaban J connectivity index is 1.23. The second kappa shape index (κ2) is 9.44. The van der Waals surface area contributed by atoms with Crippen molar-refractivity contribution < 1.29 is 4.39 Å². The number of imidazole rings is 1. The van der Waals surface area contributed by atoms with Gasteiger partial charge in [-0.3, -0.25) is 0 Å². The summed E-state index contributed by atoms with van der Waals surface area (Å²) in [7, 11) is 0. The predicted octanol–water partition coefficient (Wildman–Crippen LogP) is 2.58. The van der Waals surface area contributed by atoms with Crippen LogP contribution in [-0.4, -0.2) is 52.1 Å². The number of anilines is 1. The molecule has 2 aliphatic rings. The number of aliphatic imine (C=N–C) groups is 1. The summed E-state index contributed by atoms with van der Waals surface area (Å²) in [6, 6.07) is 15.1. The van der Waals surface area contributed by atoms with Crippen molar-refractivity contribution >= 4 is 23.3 Å². The van der Waals surface area contributed by atoms with Crippen LogP contribution in [0.25, 0.3) is 11.0 Å². The number of likely N-dealkylation sites (tertiary alicyclic amines) is 1. The maximum atomic E-state index is 13.4. The maximum Gasteiger partial charge on any atom is 0.204 e. The molecule has 1 unspecified atom stereocenters. The topological polar surface area (TPSA) is 110 Å². The van der Waals surface area contributed by atoms with Crippen LogP contribution >= 0.6 is 0 Å². The molecule has 0 spiro atoms. The first-order valence-electron chi connectivity index (χ1n) is 11.7. The van der Waals surface area contributed by atoms with Crippen molar-refractivity contribution in [3.8, 4) is 0 Å². The van der Waals surface area contributed by atoms with Crippen LogP contribution in [0.3, 0.4) is 0 Å². The molecule has 0 radical (unpaired) electrons. The summed E-state index contributed by atoms with van der Waals surface area (Å²) in [5, 5.41) is 6.56. The van der Waals surface area contributed by atoms with Gasteiger partial charge in [0.15, 0.2) is 5.66 Å². The average Bonchev–Trinajstić information content (AvgIpc) is 3.19. The second-order valence-corrected chi connectivity index (χ2v) is 9.10. The molecule has 1 atom stereocenters. The summed E-state index contributed by atoms with van der Waals surface area (Å²) in [5.74, 6) is 0.627. The molecule has 3 aromatic rings. The van der Waals surface area contributed by atoms with Gasteiger partial charge >= 0.3 is 0 Å². The smallest absolute Gasteiger partial charge is 0.204 e. The van der Waals surface area contributed by atoms with Gasteiger partial charge in [0.05, 0.1) is 29.6 Å². The Morgan fingerprint density at radius 1 is 1.12 bits per heavy atom. The number of piperidine rings is 1. The van der Waals surface area contributed by atoms with Crippen molar-refractivity contribution in [3.63, 3.8) is 0 Å². The summed E-state index contributed by atoms with van der Waals surface area (Å²) < 4.78 is 15.6. The fourth-order valence-corrected chi connectivity index (χ4v) is 4.62. The number of para-hydroxylation sites is 2. The van der Waals surface area contributed by atoms with Gasteiger partial charge in [-0.15, -0.1) is 0 Å². The van der Waals surface area contributed by atoms with Crippen molar-refractivity contribution in [2.45, 2.75) is 37.5 Å². The fraction of sp³-hybridized carbons (Fsp3) is 0.360. The molecule has 34 heavy (non-hydrogen) atoms. The average molecular weight is 463 g/mol. The van der Waals surface area contributed by atoms with Gasteiger partial charge in [0.25, 0.3) is 0 Å². The van der Waals surface area contributed by atoms with Crippen LogP contribution in [-0.2, 0) is 6.54 Å². The highest BCUT2D eigenvalue weighted by molar-refractivity contribution is 5.78. The van der Waals surface area contributed by atoms with E-state index in [1.165, 1.54) is 12.1 Å². The summed E-state index contributed by atoms with van der Waals surface area (Å²) >= 11 is 0. The first kappa shape index (κ1) is 22.4. The minimum absolute atomic E-state index is 0.226. The molecule has 8 nitrogen and oxygen atoms in total. The first-order chi connectivity index (χ1) is 16.5. The zero-order valence-corrected chi connectivity index (χ0v) is 19.1. The monoisotopic (exact) mass is 462 g/mol. The van der Waals surface area contributed by atoms with Crippen molar-refractivity contribution in [1.82, 2.24) is 19.8 Å². The summed E-state index contributed by atoms with van der Waals surface area (Å²) in [4.78, 5) is 11.6. The number of rotatable bonds is 7. The van der Waals surface area contributed by atoms with E-state index < -0.39 is 5.66 Å². The second-order valence-electron chi connectivity index (χ2n) is 9.10. The van der Waals surface area contributed by atoms with Gasteiger partial charge in [-0.1, -0.05) is 24.3 Å². The number of benzene rings is 2. The number of hydrogen-bond donors (Lipinski definition) is 4. The Morgan fingerprint density at radius 2 is 1.88 bits per heavy atom. The van der Waals surface area contributed by atoms with Crippen LogP contribution in [0.2, 0.25) is 0 Å². The molecular formula is C25H31FN8. The Hall–Kier alpha value is -3.43. The Morgan fingerprint density at radius 3 is 2.65 bits per heavy atom. The number of aromatic nitrogens is 2. The van der Waals surface area contributed by atoms with Gasteiger partial charge < -0.3 is 31.6 Å². The van der Waals surface area contributed by atoms with E-state index >= 15 is 0 Å². The standard InChI is InChI=1S/C25H31FN8/c26-19-7-5-18(6-8-19)16-34-22-4-2-1-3-21(22)32-24(34)31-20-9-12-33(13-10-20)14-11-25(28)23(27)15-29-17-30-25/h1-8,15,17,20H,9-14,16,27-28H2,(H,29,30)(H,31,32). The molecule has 0 amide bonds. The van der Waals surface area contributed by atoms with Crippen LogP contribution in [0.1, 0.15) is 24.8 Å². The lowest BCUT2D eigenvalue weighted by Gasteiger charge is -2.35. The number of nitrogens with two attached hydrogens (primary N) is 2. The van der Waals surface area contributed by atoms with Gasteiger partial charge in [-0.05, 0) is 42.7 Å². The number of hydrogen-bond acceptors (Lipinski definition) is 7. The Kier molecular flexibility index (Phi) is 6.21. The van der Waals surface area contributed by atoms with E-state index in [4.69, 9.17) is 16.5 Å². The third-order valence-corrected chi connectivity index (χ3v) is 6.75. The third kappa shape index (κ3) is 4.76. The van der Waals surface area contributed by atoms with Crippen molar-refractivity contribution in [2.75, 3.05) is 25.0 Å². The number of halogens is 1. The minimum Gasteiger partial charge on any atom is -0.398 e. The van der Waals surface area contributed by atoms with Crippen LogP contribution in [0.4, 0.5) is 10.3 Å². The van der Waals surface area contributed by atoms with Crippen LogP contribution in [0.15, 0.2) is 65.4 Å². The largest absolute Gasteiger partial charge is 0.398 e. The molecule has 2 aliphatic heterocycles. The molecule has 178 valence electrons. The Bertz CT molecular complexity index is 1190. The molecule has 5 rings (SSSR count). The third-order valence-electron chi connectivity index (χ3n) is 6.75. The summed E-state index contributed by atoms with van der Waals surface area (Å²) in [5.41, 5.74) is 15.2. The van der Waals surface area contributed by atoms with Gasteiger partial charge in [-0.25, -0.2) is 14.4 Å². The highest BCUT2D eigenvalue weighted by Gasteiger charge is 2.30. The van der Waals surface area contributed by atoms with E-state index in [0.29, 0.717) is 24.7 Å². The quantitative estimate of drug-likeness (QED) is 0.430. The molecule has 1 fully saturated rings. The molecule has 1 aromatic heterocycles.